The van der Waals surface area contributed by atoms with Gasteiger partial charge in [0.05, 0.1) is 24.4 Å². The lowest BCUT2D eigenvalue weighted by Crippen LogP contribution is -2.54. The summed E-state index contributed by atoms with van der Waals surface area (Å²) in [4.78, 5) is 14.3. The molecule has 1 N–H and O–H groups in total. The Hall–Kier alpha value is -2.50. The van der Waals surface area contributed by atoms with Crippen LogP contribution in [0.4, 0.5) is 4.79 Å². The van der Waals surface area contributed by atoms with Gasteiger partial charge in [-0.15, -0.1) is 0 Å². The molecule has 3 rings (SSSR count). The van der Waals surface area contributed by atoms with Gasteiger partial charge in [-0.2, -0.15) is 5.10 Å². The summed E-state index contributed by atoms with van der Waals surface area (Å²) >= 11 is 0. The molecular weight excluding hydrogens is 328 g/mol. The first-order chi connectivity index (χ1) is 12.5. The van der Waals surface area contributed by atoms with E-state index in [4.69, 9.17) is 4.74 Å². The third-order valence-corrected chi connectivity index (χ3v) is 4.73. The zero-order chi connectivity index (χ0) is 18.7. The van der Waals surface area contributed by atoms with Gasteiger partial charge in [0.2, 0.25) is 0 Å². The van der Waals surface area contributed by atoms with Crippen LogP contribution in [0.3, 0.4) is 0 Å². The quantitative estimate of drug-likeness (QED) is 0.860. The number of nitrogens with zero attached hydrogens (tertiary/aromatic N) is 3. The minimum absolute atomic E-state index is 0.0263. The molecule has 0 saturated carbocycles. The molecule has 1 fully saturated rings. The Morgan fingerprint density at radius 3 is 2.58 bits per heavy atom. The van der Waals surface area contributed by atoms with Crippen molar-refractivity contribution in [3.8, 4) is 5.75 Å². The maximum atomic E-state index is 12.4. The van der Waals surface area contributed by atoms with Gasteiger partial charge in [0.15, 0.2) is 0 Å². The van der Waals surface area contributed by atoms with Crippen molar-refractivity contribution in [2.24, 2.45) is 0 Å². The van der Waals surface area contributed by atoms with Crippen LogP contribution in [0.25, 0.3) is 0 Å². The van der Waals surface area contributed by atoms with Crippen LogP contribution in [-0.4, -0.2) is 40.4 Å². The van der Waals surface area contributed by atoms with Crippen LogP contribution in [0.15, 0.2) is 30.3 Å². The van der Waals surface area contributed by atoms with E-state index in [0.29, 0.717) is 13.1 Å². The van der Waals surface area contributed by atoms with Crippen LogP contribution in [0.5, 0.6) is 5.75 Å². The van der Waals surface area contributed by atoms with E-state index in [2.05, 4.69) is 30.3 Å². The maximum Gasteiger partial charge on any atom is 0.318 e. The molecule has 1 atom stereocenters. The molecule has 0 aliphatic carbocycles. The van der Waals surface area contributed by atoms with Crippen LogP contribution in [0, 0.1) is 13.8 Å². The second-order valence-electron chi connectivity index (χ2n) is 7.02. The molecule has 2 aromatic rings. The zero-order valence-electron chi connectivity index (χ0n) is 16.0. The molecule has 1 aliphatic heterocycles. The lowest BCUT2D eigenvalue weighted by Gasteiger charge is -2.40. The average molecular weight is 356 g/mol. The fourth-order valence-corrected chi connectivity index (χ4v) is 3.22. The standard InChI is InChI=1S/C20H28N4O2/c1-5-10-26-19-8-6-17(7-9-19)16(4)21-20(25)23-12-18(13-23)24-15(3)11-14(2)22-24/h6-9,11,16,18H,5,10,12-13H2,1-4H3,(H,21,25). The Bertz CT molecular complexity index is 748. The summed E-state index contributed by atoms with van der Waals surface area (Å²) in [5.74, 6) is 0.865. The predicted octanol–water partition coefficient (Wildman–Crippen LogP) is 3.62. The van der Waals surface area contributed by atoms with Crippen LogP contribution >= 0.6 is 0 Å². The molecule has 1 aromatic heterocycles. The van der Waals surface area contributed by atoms with Crippen molar-refractivity contribution in [1.82, 2.24) is 20.0 Å². The summed E-state index contributed by atoms with van der Waals surface area (Å²) in [6, 6.07) is 10.2. The van der Waals surface area contributed by atoms with Crippen molar-refractivity contribution in [2.45, 2.75) is 46.2 Å². The smallest absolute Gasteiger partial charge is 0.318 e. The largest absolute Gasteiger partial charge is 0.494 e. The normalized spacial score (nSPS) is 15.5. The summed E-state index contributed by atoms with van der Waals surface area (Å²) in [6.07, 6.45) is 0.989. The van der Waals surface area contributed by atoms with Gasteiger partial charge in [-0.25, -0.2) is 4.79 Å². The molecule has 140 valence electrons. The number of carbonyl (C=O) groups is 1. The minimum Gasteiger partial charge on any atom is -0.494 e. The number of rotatable bonds is 6. The van der Waals surface area contributed by atoms with E-state index in [1.165, 1.54) is 0 Å². The SMILES string of the molecule is CCCOc1ccc(C(C)NC(=O)N2CC(n3nc(C)cc3C)C2)cc1. The van der Waals surface area contributed by atoms with Crippen molar-refractivity contribution >= 4 is 6.03 Å². The molecule has 2 amide bonds. The molecule has 26 heavy (non-hydrogen) atoms. The number of nitrogens with one attached hydrogen (secondary N) is 1. The molecule has 1 saturated heterocycles. The van der Waals surface area contributed by atoms with Crippen molar-refractivity contribution in [1.29, 1.82) is 0 Å². The van der Waals surface area contributed by atoms with Crippen LogP contribution in [-0.2, 0) is 0 Å². The van der Waals surface area contributed by atoms with Gasteiger partial charge in [0.25, 0.3) is 0 Å². The third-order valence-electron chi connectivity index (χ3n) is 4.73. The summed E-state index contributed by atoms with van der Waals surface area (Å²) in [7, 11) is 0. The molecule has 1 unspecified atom stereocenters. The maximum absolute atomic E-state index is 12.4. The number of urea groups is 1. The van der Waals surface area contributed by atoms with Gasteiger partial charge < -0.3 is 15.0 Å². The number of hydrogen-bond acceptors (Lipinski definition) is 3. The van der Waals surface area contributed by atoms with E-state index in [9.17, 15) is 4.79 Å². The first-order valence-corrected chi connectivity index (χ1v) is 9.29. The van der Waals surface area contributed by atoms with Crippen LogP contribution in [0.1, 0.15) is 49.3 Å². The average Bonchev–Trinajstić information content (AvgIpc) is 2.90. The van der Waals surface area contributed by atoms with E-state index >= 15 is 0 Å². The first kappa shape index (κ1) is 18.3. The van der Waals surface area contributed by atoms with Gasteiger partial charge in [0.1, 0.15) is 5.75 Å². The van der Waals surface area contributed by atoms with Crippen LogP contribution in [0.2, 0.25) is 0 Å². The highest BCUT2D eigenvalue weighted by molar-refractivity contribution is 5.75. The van der Waals surface area contributed by atoms with E-state index in [-0.39, 0.29) is 18.1 Å². The summed E-state index contributed by atoms with van der Waals surface area (Å²) < 4.78 is 7.62. The fourth-order valence-electron chi connectivity index (χ4n) is 3.22. The molecule has 2 heterocycles. The predicted molar refractivity (Wildman–Crippen MR) is 101 cm³/mol. The van der Waals surface area contributed by atoms with Gasteiger partial charge in [-0.1, -0.05) is 19.1 Å². The Morgan fingerprint density at radius 1 is 1.31 bits per heavy atom. The molecule has 1 aliphatic rings. The summed E-state index contributed by atoms with van der Waals surface area (Å²) in [5, 5.41) is 7.58. The second-order valence-corrected chi connectivity index (χ2v) is 7.02. The Kier molecular flexibility index (Phi) is 5.49. The van der Waals surface area contributed by atoms with E-state index in [1.807, 2.05) is 47.7 Å². The summed E-state index contributed by atoms with van der Waals surface area (Å²) in [5.41, 5.74) is 3.23. The zero-order valence-corrected chi connectivity index (χ0v) is 16.0. The van der Waals surface area contributed by atoms with Crippen molar-refractivity contribution in [2.75, 3.05) is 19.7 Å². The Labute approximate surface area is 155 Å². The van der Waals surface area contributed by atoms with Gasteiger partial charge in [-0.05, 0) is 51.0 Å². The Balaban J connectivity index is 1.50. The highest BCUT2D eigenvalue weighted by Gasteiger charge is 2.33. The Morgan fingerprint density at radius 2 is 2.00 bits per heavy atom. The number of benzene rings is 1. The number of likely N-dealkylation sites (tertiary alicyclic amines) is 1. The highest BCUT2D eigenvalue weighted by Crippen LogP contribution is 2.24. The van der Waals surface area contributed by atoms with Gasteiger partial charge in [-0.3, -0.25) is 4.68 Å². The van der Waals surface area contributed by atoms with Crippen LogP contribution < -0.4 is 10.1 Å². The van der Waals surface area contributed by atoms with Crippen molar-refractivity contribution in [3.05, 3.63) is 47.3 Å². The molecule has 1 aromatic carbocycles. The highest BCUT2D eigenvalue weighted by atomic mass is 16.5. The number of aromatic nitrogens is 2. The summed E-state index contributed by atoms with van der Waals surface area (Å²) in [6.45, 7) is 10.2. The molecule has 6 heteroatoms. The molecule has 0 spiro atoms. The van der Waals surface area contributed by atoms with Gasteiger partial charge in [0, 0.05) is 18.8 Å². The monoisotopic (exact) mass is 356 g/mol. The number of amides is 2. The number of hydrogen-bond donors (Lipinski definition) is 1. The fraction of sp³-hybridized carbons (Fsp3) is 0.500. The number of ether oxygens (including phenoxy) is 1. The van der Waals surface area contributed by atoms with E-state index in [1.54, 1.807) is 0 Å². The minimum atomic E-state index is -0.0459. The first-order valence-electron chi connectivity index (χ1n) is 9.29. The number of aryl methyl sites for hydroxylation is 2. The third kappa shape index (κ3) is 4.00. The molecule has 0 bridgehead atoms. The topological polar surface area (TPSA) is 59.4 Å². The molecular formula is C20H28N4O2. The second kappa shape index (κ2) is 7.81. The molecule has 6 nitrogen and oxygen atoms in total. The van der Waals surface area contributed by atoms with E-state index < -0.39 is 0 Å². The lowest BCUT2D eigenvalue weighted by atomic mass is 10.1. The number of carbonyl (C=O) groups excluding carboxylic acids is 1. The van der Waals surface area contributed by atoms with Crippen molar-refractivity contribution < 1.29 is 9.53 Å². The van der Waals surface area contributed by atoms with E-state index in [0.717, 1.165) is 35.7 Å². The lowest BCUT2D eigenvalue weighted by molar-refractivity contribution is 0.115. The molecule has 0 radical (unpaired) electrons. The van der Waals surface area contributed by atoms with Crippen molar-refractivity contribution in [3.63, 3.8) is 0 Å². The van der Waals surface area contributed by atoms with Gasteiger partial charge >= 0.3 is 6.03 Å².